The van der Waals surface area contributed by atoms with Gasteiger partial charge in [-0.25, -0.2) is 4.98 Å². The van der Waals surface area contributed by atoms with Gasteiger partial charge in [0.1, 0.15) is 6.10 Å². The highest BCUT2D eigenvalue weighted by atomic mass is 16.5. The zero-order chi connectivity index (χ0) is 13.7. The van der Waals surface area contributed by atoms with E-state index in [0.29, 0.717) is 16.9 Å². The molecular formula is C16H20N2O. The maximum Gasteiger partial charge on any atom is 0.214 e. The number of nitriles is 1. The van der Waals surface area contributed by atoms with Gasteiger partial charge in [0.2, 0.25) is 5.88 Å². The first-order valence-electron chi connectivity index (χ1n) is 7.00. The largest absolute Gasteiger partial charge is 0.474 e. The molecule has 3 rings (SSSR count). The number of pyridine rings is 1. The van der Waals surface area contributed by atoms with Crippen LogP contribution in [-0.4, -0.2) is 11.1 Å². The first-order valence-corrected chi connectivity index (χ1v) is 7.00. The van der Waals surface area contributed by atoms with Crippen molar-refractivity contribution in [3.05, 3.63) is 23.9 Å². The Kier molecular flexibility index (Phi) is 2.60. The van der Waals surface area contributed by atoms with Gasteiger partial charge in [-0.15, -0.1) is 0 Å². The van der Waals surface area contributed by atoms with E-state index in [1.165, 1.54) is 12.8 Å². The lowest BCUT2D eigenvalue weighted by Gasteiger charge is -2.38. The second-order valence-corrected chi connectivity index (χ2v) is 6.71. The fourth-order valence-corrected chi connectivity index (χ4v) is 4.00. The summed E-state index contributed by atoms with van der Waals surface area (Å²) in [5.41, 5.74) is 1.17. The Morgan fingerprint density at radius 2 is 2.21 bits per heavy atom. The lowest BCUT2D eigenvalue weighted by molar-refractivity contribution is 0.0273. The number of aromatic nitrogens is 1. The van der Waals surface area contributed by atoms with E-state index in [9.17, 15) is 0 Å². The Hall–Kier alpha value is -1.56. The summed E-state index contributed by atoms with van der Waals surface area (Å²) in [4.78, 5) is 4.24. The van der Waals surface area contributed by atoms with Crippen molar-refractivity contribution in [2.45, 2.75) is 46.1 Å². The molecular weight excluding hydrogens is 236 g/mol. The monoisotopic (exact) mass is 256 g/mol. The smallest absolute Gasteiger partial charge is 0.214 e. The van der Waals surface area contributed by atoms with E-state index < -0.39 is 0 Å². The fourth-order valence-electron chi connectivity index (χ4n) is 4.00. The van der Waals surface area contributed by atoms with Gasteiger partial charge in [0, 0.05) is 17.7 Å². The number of rotatable bonds is 2. The zero-order valence-corrected chi connectivity index (χ0v) is 11.8. The van der Waals surface area contributed by atoms with Crippen LogP contribution in [0.1, 0.15) is 45.6 Å². The first-order chi connectivity index (χ1) is 8.97. The van der Waals surface area contributed by atoms with Gasteiger partial charge in [0.25, 0.3) is 0 Å². The van der Waals surface area contributed by atoms with Crippen molar-refractivity contribution in [1.82, 2.24) is 4.98 Å². The molecule has 0 N–H and O–H groups in total. The molecule has 0 aliphatic heterocycles. The predicted octanol–water partition coefficient (Wildman–Crippen LogP) is 3.55. The van der Waals surface area contributed by atoms with E-state index in [1.807, 2.05) is 0 Å². The molecule has 100 valence electrons. The van der Waals surface area contributed by atoms with E-state index >= 15 is 0 Å². The summed E-state index contributed by atoms with van der Waals surface area (Å²) in [6, 6.07) is 5.58. The third-order valence-electron chi connectivity index (χ3n) is 5.84. The van der Waals surface area contributed by atoms with Crippen molar-refractivity contribution >= 4 is 0 Å². The van der Waals surface area contributed by atoms with Crippen LogP contribution in [0, 0.1) is 28.1 Å². The minimum Gasteiger partial charge on any atom is -0.474 e. The van der Waals surface area contributed by atoms with Gasteiger partial charge < -0.3 is 4.74 Å². The van der Waals surface area contributed by atoms with Gasteiger partial charge in [-0.3, -0.25) is 0 Å². The van der Waals surface area contributed by atoms with Gasteiger partial charge in [-0.1, -0.05) is 20.8 Å². The van der Waals surface area contributed by atoms with Crippen LogP contribution in [0.2, 0.25) is 0 Å². The zero-order valence-electron chi connectivity index (χ0n) is 11.8. The number of nitrogens with zero attached hydrogens (tertiary/aromatic N) is 2. The van der Waals surface area contributed by atoms with Crippen LogP contribution >= 0.6 is 0 Å². The predicted molar refractivity (Wildman–Crippen MR) is 72.6 cm³/mol. The van der Waals surface area contributed by atoms with Crippen LogP contribution in [0.3, 0.4) is 0 Å². The Morgan fingerprint density at radius 1 is 1.42 bits per heavy atom. The van der Waals surface area contributed by atoms with Crippen molar-refractivity contribution < 1.29 is 4.74 Å². The van der Waals surface area contributed by atoms with Gasteiger partial charge in [0.05, 0.1) is 11.6 Å². The number of hydrogen-bond donors (Lipinski definition) is 0. The average Bonchev–Trinajstić information content (AvgIpc) is 2.72. The van der Waals surface area contributed by atoms with Gasteiger partial charge >= 0.3 is 0 Å². The minimum atomic E-state index is 0.224. The Labute approximate surface area is 114 Å². The Morgan fingerprint density at radius 3 is 2.79 bits per heavy atom. The molecule has 3 heteroatoms. The summed E-state index contributed by atoms with van der Waals surface area (Å²) in [6.45, 7) is 7.08. The van der Waals surface area contributed by atoms with Gasteiger partial charge in [-0.05, 0) is 36.7 Å². The molecule has 2 fully saturated rings. The maximum atomic E-state index is 8.93. The molecule has 3 unspecified atom stereocenters. The summed E-state index contributed by atoms with van der Waals surface area (Å²) in [5, 5.41) is 8.93. The lowest BCUT2D eigenvalue weighted by atomic mass is 9.70. The highest BCUT2D eigenvalue weighted by molar-refractivity contribution is 5.31. The van der Waals surface area contributed by atoms with Crippen LogP contribution in [0.4, 0.5) is 0 Å². The molecule has 0 spiro atoms. The maximum absolute atomic E-state index is 8.93. The minimum absolute atomic E-state index is 0.224. The molecule has 1 heterocycles. The van der Waals surface area contributed by atoms with Crippen LogP contribution < -0.4 is 4.74 Å². The Bertz CT molecular complexity index is 546. The molecule has 1 aromatic heterocycles. The van der Waals surface area contributed by atoms with Gasteiger partial charge in [0.15, 0.2) is 0 Å². The van der Waals surface area contributed by atoms with Crippen molar-refractivity contribution in [3.63, 3.8) is 0 Å². The topological polar surface area (TPSA) is 45.9 Å². The third-order valence-corrected chi connectivity index (χ3v) is 5.84. The molecule has 0 saturated heterocycles. The highest BCUT2D eigenvalue weighted by Gasteiger charge is 2.62. The molecule has 3 atom stereocenters. The van der Waals surface area contributed by atoms with Crippen LogP contribution in [0.15, 0.2) is 18.3 Å². The molecule has 1 aromatic rings. The third kappa shape index (κ3) is 1.66. The SMILES string of the molecule is CC1(C)C2CCC1(C)C(Oc1cc(C#N)ccn1)C2. The molecule has 3 nitrogen and oxygen atoms in total. The average molecular weight is 256 g/mol. The standard InChI is InChI=1S/C16H20N2O/c1-15(2)12-4-6-16(15,3)13(9-12)19-14-8-11(10-17)5-7-18-14/h5,7-8,12-13H,4,6,9H2,1-3H3. The number of fused-ring (bicyclic) bond motifs is 2. The highest BCUT2D eigenvalue weighted by Crippen LogP contribution is 2.66. The number of ether oxygens (including phenoxy) is 1. The van der Waals surface area contributed by atoms with E-state index in [-0.39, 0.29) is 11.5 Å². The second kappa shape index (κ2) is 3.96. The summed E-state index contributed by atoms with van der Waals surface area (Å²) >= 11 is 0. The Balaban J connectivity index is 1.84. The summed E-state index contributed by atoms with van der Waals surface area (Å²) < 4.78 is 6.13. The quantitative estimate of drug-likeness (QED) is 0.813. The fraction of sp³-hybridized carbons (Fsp3) is 0.625. The van der Waals surface area contributed by atoms with Gasteiger partial charge in [-0.2, -0.15) is 5.26 Å². The van der Waals surface area contributed by atoms with Crippen LogP contribution in [0.5, 0.6) is 5.88 Å². The first kappa shape index (κ1) is 12.5. The molecule has 0 radical (unpaired) electrons. The van der Waals surface area contributed by atoms with E-state index in [4.69, 9.17) is 10.00 Å². The summed E-state index contributed by atoms with van der Waals surface area (Å²) in [7, 11) is 0. The van der Waals surface area contributed by atoms with Crippen molar-refractivity contribution in [2.24, 2.45) is 16.7 Å². The molecule has 2 aliphatic carbocycles. The summed E-state index contributed by atoms with van der Waals surface area (Å²) in [6.07, 6.45) is 5.53. The van der Waals surface area contributed by atoms with Crippen LogP contribution in [-0.2, 0) is 0 Å². The summed E-state index contributed by atoms with van der Waals surface area (Å²) in [5.74, 6) is 1.34. The molecule has 2 bridgehead atoms. The van der Waals surface area contributed by atoms with E-state index in [0.717, 1.165) is 12.3 Å². The van der Waals surface area contributed by atoms with Crippen LogP contribution in [0.25, 0.3) is 0 Å². The molecule has 2 saturated carbocycles. The normalized spacial score (nSPS) is 35.1. The molecule has 2 aliphatic rings. The molecule has 19 heavy (non-hydrogen) atoms. The number of hydrogen-bond acceptors (Lipinski definition) is 3. The van der Waals surface area contributed by atoms with Crippen molar-refractivity contribution in [3.8, 4) is 11.9 Å². The molecule has 0 aromatic carbocycles. The van der Waals surface area contributed by atoms with Crippen molar-refractivity contribution in [2.75, 3.05) is 0 Å². The van der Waals surface area contributed by atoms with Crippen molar-refractivity contribution in [1.29, 1.82) is 5.26 Å². The lowest BCUT2D eigenvalue weighted by Crippen LogP contribution is -2.39. The second-order valence-electron chi connectivity index (χ2n) is 6.71. The van der Waals surface area contributed by atoms with E-state index in [2.05, 4.69) is 31.8 Å². The molecule has 0 amide bonds. The van der Waals surface area contributed by atoms with E-state index in [1.54, 1.807) is 18.3 Å².